The van der Waals surface area contributed by atoms with E-state index < -0.39 is 12.6 Å². The minimum atomic E-state index is -4.31. The summed E-state index contributed by atoms with van der Waals surface area (Å²) >= 11 is 0. The first-order chi connectivity index (χ1) is 12.2. The Balaban J connectivity index is 1.77. The van der Waals surface area contributed by atoms with Gasteiger partial charge >= 0.3 is 6.18 Å². The number of rotatable bonds is 5. The molecule has 0 aliphatic carbocycles. The lowest BCUT2D eigenvalue weighted by molar-refractivity contribution is -0.127. The molecular formula is C16H22F3N7. The maximum atomic E-state index is 12.6. The van der Waals surface area contributed by atoms with Crippen molar-refractivity contribution < 1.29 is 13.2 Å². The van der Waals surface area contributed by atoms with E-state index in [-0.39, 0.29) is 17.3 Å². The monoisotopic (exact) mass is 369 g/mol. The molecule has 26 heavy (non-hydrogen) atoms. The predicted molar refractivity (Wildman–Crippen MR) is 92.7 cm³/mol. The number of halogens is 3. The fourth-order valence-corrected chi connectivity index (χ4v) is 3.07. The third-order valence-electron chi connectivity index (χ3n) is 4.40. The molecule has 1 aliphatic heterocycles. The number of nitrogens with one attached hydrogen (secondary N) is 2. The molecule has 1 fully saturated rings. The van der Waals surface area contributed by atoms with Gasteiger partial charge in [0, 0.05) is 31.5 Å². The third kappa shape index (κ3) is 4.24. The molecule has 2 N–H and O–H groups in total. The van der Waals surface area contributed by atoms with Crippen LogP contribution in [0.4, 0.5) is 30.6 Å². The summed E-state index contributed by atoms with van der Waals surface area (Å²) in [7, 11) is 3.61. The summed E-state index contributed by atoms with van der Waals surface area (Å²) in [6.45, 7) is 3.84. The van der Waals surface area contributed by atoms with Crippen molar-refractivity contribution in [2.75, 3.05) is 37.8 Å². The maximum absolute atomic E-state index is 12.6. The minimum absolute atomic E-state index is 0.00644. The molecule has 2 aromatic heterocycles. The zero-order valence-electron chi connectivity index (χ0n) is 14.9. The van der Waals surface area contributed by atoms with Gasteiger partial charge in [0.05, 0.1) is 23.8 Å². The number of anilines is 3. The number of likely N-dealkylation sites (N-methyl/N-ethyl adjacent to an activating group) is 1. The Morgan fingerprint density at radius 2 is 2.12 bits per heavy atom. The Morgan fingerprint density at radius 3 is 2.73 bits per heavy atom. The first-order valence-electron chi connectivity index (χ1n) is 8.37. The Bertz CT molecular complexity index is 772. The predicted octanol–water partition coefficient (Wildman–Crippen LogP) is 2.75. The number of hydrogen-bond donors (Lipinski definition) is 2. The van der Waals surface area contributed by atoms with E-state index in [0.717, 1.165) is 30.9 Å². The van der Waals surface area contributed by atoms with Crippen LogP contribution in [0.5, 0.6) is 0 Å². The number of hydrogen-bond acceptors (Lipinski definition) is 6. The fourth-order valence-electron chi connectivity index (χ4n) is 3.07. The summed E-state index contributed by atoms with van der Waals surface area (Å²) in [4.78, 5) is 10.4. The number of aromatic nitrogens is 4. The van der Waals surface area contributed by atoms with Crippen LogP contribution in [0.2, 0.25) is 0 Å². The molecule has 0 amide bonds. The van der Waals surface area contributed by atoms with E-state index in [1.807, 2.05) is 17.8 Å². The summed E-state index contributed by atoms with van der Waals surface area (Å²) in [5, 5.41) is 10.3. The molecule has 0 bridgehead atoms. The van der Waals surface area contributed by atoms with Gasteiger partial charge in [0.25, 0.3) is 0 Å². The highest BCUT2D eigenvalue weighted by Gasteiger charge is 2.29. The zero-order valence-corrected chi connectivity index (χ0v) is 14.9. The van der Waals surface area contributed by atoms with Crippen LogP contribution in [0.25, 0.3) is 0 Å². The van der Waals surface area contributed by atoms with Crippen molar-refractivity contribution in [2.45, 2.75) is 32.0 Å². The highest BCUT2D eigenvalue weighted by Crippen LogP contribution is 2.27. The van der Waals surface area contributed by atoms with Gasteiger partial charge in [-0.3, -0.25) is 4.68 Å². The Hall–Kier alpha value is -2.36. The molecule has 1 aliphatic rings. The maximum Gasteiger partial charge on any atom is 0.393 e. The molecule has 142 valence electrons. The van der Waals surface area contributed by atoms with Crippen molar-refractivity contribution in [1.82, 2.24) is 24.6 Å². The van der Waals surface area contributed by atoms with Gasteiger partial charge in [0.15, 0.2) is 0 Å². The van der Waals surface area contributed by atoms with Crippen LogP contribution in [-0.4, -0.2) is 58.0 Å². The molecule has 0 unspecified atom stereocenters. The average Bonchev–Trinajstić information content (AvgIpc) is 3.14. The van der Waals surface area contributed by atoms with Gasteiger partial charge < -0.3 is 15.5 Å². The lowest BCUT2D eigenvalue weighted by atomic mass is 10.2. The van der Waals surface area contributed by atoms with E-state index in [4.69, 9.17) is 0 Å². The van der Waals surface area contributed by atoms with Gasteiger partial charge in [0.2, 0.25) is 5.95 Å². The molecule has 7 nitrogen and oxygen atoms in total. The van der Waals surface area contributed by atoms with Gasteiger partial charge in [-0.15, -0.1) is 0 Å². The van der Waals surface area contributed by atoms with Gasteiger partial charge in [-0.2, -0.15) is 23.3 Å². The SMILES string of the molecule is CNc1nc(Nc2cn([C@@H]3CCN(C)C3)nc2C)ncc1CC(F)(F)F. The van der Waals surface area contributed by atoms with E-state index in [1.54, 1.807) is 0 Å². The Kier molecular flexibility index (Phi) is 5.03. The summed E-state index contributed by atoms with van der Waals surface area (Å²) in [5.74, 6) is 0.383. The lowest BCUT2D eigenvalue weighted by Gasteiger charge is -2.12. The standard InChI is InChI=1S/C16H22F3N7/c1-10-13(9-26(24-10)12-4-5-25(3)8-12)22-15-21-7-11(6-16(17,18)19)14(20-2)23-15/h7,9,12H,4-6,8H2,1-3H3,(H2,20,21,22,23)/t12-/m1/s1. The molecule has 3 rings (SSSR count). The molecule has 0 spiro atoms. The summed E-state index contributed by atoms with van der Waals surface area (Å²) in [5.41, 5.74) is 1.53. The van der Waals surface area contributed by atoms with Crippen LogP contribution >= 0.6 is 0 Å². The van der Waals surface area contributed by atoms with Crippen molar-refractivity contribution in [1.29, 1.82) is 0 Å². The van der Waals surface area contributed by atoms with Crippen LogP contribution < -0.4 is 10.6 Å². The molecule has 10 heteroatoms. The van der Waals surface area contributed by atoms with Gasteiger partial charge in [-0.1, -0.05) is 0 Å². The molecule has 0 aromatic carbocycles. The number of nitrogens with zero attached hydrogens (tertiary/aromatic N) is 5. The Labute approximate surface area is 149 Å². The molecule has 1 saturated heterocycles. The van der Waals surface area contributed by atoms with Crippen LogP contribution in [0.1, 0.15) is 23.7 Å². The zero-order chi connectivity index (χ0) is 18.9. The molecule has 1 atom stereocenters. The molecule has 0 radical (unpaired) electrons. The van der Waals surface area contributed by atoms with Crippen molar-refractivity contribution in [2.24, 2.45) is 0 Å². The normalized spacial score (nSPS) is 18.3. The van der Waals surface area contributed by atoms with E-state index in [9.17, 15) is 13.2 Å². The van der Waals surface area contributed by atoms with Crippen molar-refractivity contribution in [3.05, 3.63) is 23.7 Å². The second kappa shape index (κ2) is 7.10. The van der Waals surface area contributed by atoms with Gasteiger partial charge in [0.1, 0.15) is 5.82 Å². The third-order valence-corrected chi connectivity index (χ3v) is 4.40. The smallest absolute Gasteiger partial charge is 0.373 e. The van der Waals surface area contributed by atoms with Gasteiger partial charge in [-0.05, 0) is 26.9 Å². The van der Waals surface area contributed by atoms with Crippen molar-refractivity contribution >= 4 is 17.5 Å². The van der Waals surface area contributed by atoms with E-state index in [1.165, 1.54) is 13.2 Å². The minimum Gasteiger partial charge on any atom is -0.373 e. The molecular weight excluding hydrogens is 347 g/mol. The van der Waals surface area contributed by atoms with Crippen molar-refractivity contribution in [3.8, 4) is 0 Å². The van der Waals surface area contributed by atoms with Crippen LogP contribution in [0, 0.1) is 6.92 Å². The van der Waals surface area contributed by atoms with Crippen LogP contribution in [0.3, 0.4) is 0 Å². The second-order valence-corrected chi connectivity index (χ2v) is 6.55. The fraction of sp³-hybridized carbons (Fsp3) is 0.562. The van der Waals surface area contributed by atoms with E-state index >= 15 is 0 Å². The average molecular weight is 369 g/mol. The highest BCUT2D eigenvalue weighted by atomic mass is 19.4. The molecule has 2 aromatic rings. The van der Waals surface area contributed by atoms with Gasteiger partial charge in [-0.25, -0.2) is 4.98 Å². The van der Waals surface area contributed by atoms with Crippen molar-refractivity contribution in [3.63, 3.8) is 0 Å². The first kappa shape index (κ1) is 18.4. The molecule has 3 heterocycles. The second-order valence-electron chi connectivity index (χ2n) is 6.55. The lowest BCUT2D eigenvalue weighted by Crippen LogP contribution is -2.16. The topological polar surface area (TPSA) is 70.9 Å². The highest BCUT2D eigenvalue weighted by molar-refractivity contribution is 5.57. The van der Waals surface area contributed by atoms with E-state index in [2.05, 4.69) is 37.6 Å². The molecule has 0 saturated carbocycles. The number of aryl methyl sites for hydroxylation is 1. The largest absolute Gasteiger partial charge is 0.393 e. The number of likely N-dealkylation sites (tertiary alicyclic amines) is 1. The first-order valence-corrected chi connectivity index (χ1v) is 8.37. The number of alkyl halides is 3. The Morgan fingerprint density at radius 1 is 1.35 bits per heavy atom. The van der Waals surface area contributed by atoms with Crippen LogP contribution in [0.15, 0.2) is 12.4 Å². The summed E-state index contributed by atoms with van der Waals surface area (Å²) in [6, 6.07) is 0.317. The summed E-state index contributed by atoms with van der Waals surface area (Å²) < 4.78 is 39.8. The van der Waals surface area contributed by atoms with E-state index in [0.29, 0.717) is 6.04 Å². The summed E-state index contributed by atoms with van der Waals surface area (Å²) in [6.07, 6.45) is -1.26. The van der Waals surface area contributed by atoms with Crippen LogP contribution in [-0.2, 0) is 6.42 Å². The quantitative estimate of drug-likeness (QED) is 0.845.